The summed E-state index contributed by atoms with van der Waals surface area (Å²) in [5.41, 5.74) is 6.42. The summed E-state index contributed by atoms with van der Waals surface area (Å²) < 4.78 is 2.11. The molecule has 0 saturated carbocycles. The number of halogens is 1. The first kappa shape index (κ1) is 19.6. The normalized spacial score (nSPS) is 10.5. The second kappa shape index (κ2) is 8.27. The Morgan fingerprint density at radius 1 is 1.18 bits per heavy atom. The van der Waals surface area contributed by atoms with Crippen molar-refractivity contribution in [3.8, 4) is 23.3 Å². The van der Waals surface area contributed by atoms with Crippen LogP contribution in [0.2, 0.25) is 5.15 Å². The van der Waals surface area contributed by atoms with Gasteiger partial charge in [-0.05, 0) is 42.7 Å². The first-order valence-electron chi connectivity index (χ1n) is 8.90. The molecular formula is C22H19ClN4O. The Balaban J connectivity index is 2.13. The molecule has 6 heteroatoms. The van der Waals surface area contributed by atoms with Gasteiger partial charge in [-0.1, -0.05) is 30.7 Å². The summed E-state index contributed by atoms with van der Waals surface area (Å²) >= 11 is 6.00. The average Bonchev–Trinajstić information content (AvgIpc) is 3.00. The number of aliphatic hydroxyl groups excluding tert-OH is 1. The lowest BCUT2D eigenvalue weighted by Crippen LogP contribution is -2.07. The highest BCUT2D eigenvalue weighted by atomic mass is 35.5. The zero-order valence-electron chi connectivity index (χ0n) is 15.7. The van der Waals surface area contributed by atoms with E-state index in [4.69, 9.17) is 16.9 Å². The van der Waals surface area contributed by atoms with Crippen molar-refractivity contribution < 1.29 is 5.11 Å². The van der Waals surface area contributed by atoms with Crippen LogP contribution in [-0.2, 0) is 19.6 Å². The molecule has 0 unspecified atom stereocenters. The molecule has 0 radical (unpaired) electrons. The second-order valence-electron chi connectivity index (χ2n) is 6.47. The van der Waals surface area contributed by atoms with Gasteiger partial charge in [-0.2, -0.15) is 10.5 Å². The summed E-state index contributed by atoms with van der Waals surface area (Å²) in [5.74, 6) is 0. The van der Waals surface area contributed by atoms with Crippen LogP contribution in [0.4, 0.5) is 0 Å². The van der Waals surface area contributed by atoms with Gasteiger partial charge in [-0.3, -0.25) is 0 Å². The van der Waals surface area contributed by atoms with Crippen molar-refractivity contribution in [2.75, 3.05) is 0 Å². The third-order valence-electron chi connectivity index (χ3n) is 4.86. The maximum Gasteiger partial charge on any atom is 0.134 e. The number of hydrogen-bond acceptors (Lipinski definition) is 4. The number of hydrogen-bond donors (Lipinski definition) is 1. The summed E-state index contributed by atoms with van der Waals surface area (Å²) in [5, 5.41) is 28.6. The summed E-state index contributed by atoms with van der Waals surface area (Å²) in [6.07, 6.45) is 2.43. The maximum atomic E-state index is 9.80. The van der Waals surface area contributed by atoms with Gasteiger partial charge in [-0.25, -0.2) is 4.98 Å². The van der Waals surface area contributed by atoms with Crippen molar-refractivity contribution in [2.45, 2.75) is 33.4 Å². The molecule has 3 aromatic rings. The minimum absolute atomic E-state index is 0.176. The van der Waals surface area contributed by atoms with Crippen LogP contribution in [0.5, 0.6) is 0 Å². The SMILES string of the molecule is CCc1c(-c2ccc(C#N)cc2)c(C#N)c(C)n1Cc1cnc(Cl)c(CO)c1. The lowest BCUT2D eigenvalue weighted by Gasteiger charge is -2.13. The third-order valence-corrected chi connectivity index (χ3v) is 5.20. The molecule has 2 heterocycles. The molecular weight excluding hydrogens is 372 g/mol. The Kier molecular flexibility index (Phi) is 5.80. The standard InChI is InChI=1S/C22H19ClN4O/c1-3-20-21(17-6-4-15(9-24)5-7-17)19(10-25)14(2)27(20)12-16-8-18(13-28)22(23)26-11-16/h4-8,11,28H,3,12-13H2,1-2H3. The first-order chi connectivity index (χ1) is 13.5. The van der Waals surface area contributed by atoms with Gasteiger partial charge in [0.15, 0.2) is 0 Å². The topological polar surface area (TPSA) is 85.6 Å². The van der Waals surface area contributed by atoms with E-state index in [1.165, 1.54) is 0 Å². The molecule has 3 rings (SSSR count). The fourth-order valence-corrected chi connectivity index (χ4v) is 3.62. The molecule has 5 nitrogen and oxygen atoms in total. The van der Waals surface area contributed by atoms with Crippen LogP contribution in [0, 0.1) is 29.6 Å². The summed E-state index contributed by atoms with van der Waals surface area (Å²) in [6, 6.07) is 13.6. The predicted octanol–water partition coefficient (Wildman–Crippen LogP) is 4.36. The zero-order valence-corrected chi connectivity index (χ0v) is 16.5. The number of nitriles is 2. The van der Waals surface area contributed by atoms with E-state index in [9.17, 15) is 10.4 Å². The molecule has 0 atom stereocenters. The Hall–Kier alpha value is -3.12. The van der Waals surface area contributed by atoms with Crippen LogP contribution >= 0.6 is 11.6 Å². The average molecular weight is 391 g/mol. The quantitative estimate of drug-likeness (QED) is 0.656. The van der Waals surface area contributed by atoms with Crippen LogP contribution in [0.15, 0.2) is 36.5 Å². The highest BCUT2D eigenvalue weighted by Gasteiger charge is 2.21. The van der Waals surface area contributed by atoms with Crippen molar-refractivity contribution in [2.24, 2.45) is 0 Å². The van der Waals surface area contributed by atoms with E-state index in [0.717, 1.165) is 34.5 Å². The molecule has 0 amide bonds. The van der Waals surface area contributed by atoms with E-state index in [-0.39, 0.29) is 6.61 Å². The first-order valence-corrected chi connectivity index (χ1v) is 9.28. The number of nitrogens with zero attached hydrogens (tertiary/aromatic N) is 4. The number of aliphatic hydroxyl groups is 1. The number of rotatable bonds is 5. The Morgan fingerprint density at radius 3 is 2.46 bits per heavy atom. The van der Waals surface area contributed by atoms with Crippen LogP contribution in [0.1, 0.15) is 40.6 Å². The molecule has 0 spiro atoms. The van der Waals surface area contributed by atoms with Gasteiger partial charge >= 0.3 is 0 Å². The van der Waals surface area contributed by atoms with Gasteiger partial charge in [0.25, 0.3) is 0 Å². The Morgan fingerprint density at radius 2 is 1.89 bits per heavy atom. The highest BCUT2D eigenvalue weighted by molar-refractivity contribution is 6.30. The van der Waals surface area contributed by atoms with E-state index in [0.29, 0.717) is 28.4 Å². The molecule has 2 aromatic heterocycles. The van der Waals surface area contributed by atoms with Crippen molar-refractivity contribution in [3.05, 3.63) is 75.3 Å². The van der Waals surface area contributed by atoms with Gasteiger partial charge in [0.05, 0.1) is 23.8 Å². The fraction of sp³-hybridized carbons (Fsp3) is 0.227. The largest absolute Gasteiger partial charge is 0.392 e. The molecule has 0 bridgehead atoms. The Labute approximate surface area is 169 Å². The number of benzene rings is 1. The van der Waals surface area contributed by atoms with Crippen molar-refractivity contribution in [1.29, 1.82) is 10.5 Å². The van der Waals surface area contributed by atoms with Gasteiger partial charge in [0.2, 0.25) is 0 Å². The molecule has 28 heavy (non-hydrogen) atoms. The van der Waals surface area contributed by atoms with Gasteiger partial charge in [0.1, 0.15) is 11.2 Å². The minimum Gasteiger partial charge on any atom is -0.392 e. The third kappa shape index (κ3) is 3.51. The predicted molar refractivity (Wildman–Crippen MR) is 108 cm³/mol. The molecule has 1 aromatic carbocycles. The fourth-order valence-electron chi connectivity index (χ4n) is 3.46. The van der Waals surface area contributed by atoms with Gasteiger partial charge in [0, 0.05) is 35.3 Å². The second-order valence-corrected chi connectivity index (χ2v) is 6.83. The van der Waals surface area contributed by atoms with Crippen molar-refractivity contribution in [3.63, 3.8) is 0 Å². The van der Waals surface area contributed by atoms with E-state index in [1.54, 1.807) is 18.3 Å². The van der Waals surface area contributed by atoms with Crippen LogP contribution < -0.4 is 0 Å². The monoisotopic (exact) mass is 390 g/mol. The number of pyridine rings is 1. The van der Waals surface area contributed by atoms with Crippen LogP contribution in [0.25, 0.3) is 11.1 Å². The molecule has 0 aliphatic rings. The summed E-state index contributed by atoms with van der Waals surface area (Å²) in [6.45, 7) is 4.34. The van der Waals surface area contributed by atoms with E-state index >= 15 is 0 Å². The molecule has 1 N–H and O–H groups in total. The zero-order chi connectivity index (χ0) is 20.3. The molecule has 0 saturated heterocycles. The smallest absolute Gasteiger partial charge is 0.134 e. The highest BCUT2D eigenvalue weighted by Crippen LogP contribution is 2.33. The van der Waals surface area contributed by atoms with Gasteiger partial charge < -0.3 is 9.67 Å². The minimum atomic E-state index is -0.176. The van der Waals surface area contributed by atoms with Crippen LogP contribution in [0.3, 0.4) is 0 Å². The van der Waals surface area contributed by atoms with E-state index < -0.39 is 0 Å². The summed E-state index contributed by atoms with van der Waals surface area (Å²) in [4.78, 5) is 4.15. The maximum absolute atomic E-state index is 9.80. The Bertz CT molecular complexity index is 1100. The van der Waals surface area contributed by atoms with E-state index in [1.807, 2.05) is 25.1 Å². The van der Waals surface area contributed by atoms with Crippen molar-refractivity contribution in [1.82, 2.24) is 9.55 Å². The van der Waals surface area contributed by atoms with Gasteiger partial charge in [-0.15, -0.1) is 0 Å². The van der Waals surface area contributed by atoms with Crippen LogP contribution in [-0.4, -0.2) is 14.7 Å². The lowest BCUT2D eigenvalue weighted by atomic mass is 9.99. The summed E-state index contributed by atoms with van der Waals surface area (Å²) in [7, 11) is 0. The number of aromatic nitrogens is 2. The molecule has 140 valence electrons. The van der Waals surface area contributed by atoms with Crippen molar-refractivity contribution >= 4 is 11.6 Å². The molecule has 0 aliphatic heterocycles. The molecule has 0 aliphatic carbocycles. The molecule has 0 fully saturated rings. The lowest BCUT2D eigenvalue weighted by molar-refractivity contribution is 0.281. The van der Waals surface area contributed by atoms with E-state index in [2.05, 4.69) is 28.6 Å².